The molecule has 0 N–H and O–H groups in total. The zero-order valence-electron chi connectivity index (χ0n) is 19.2. The van der Waals surface area contributed by atoms with E-state index >= 15 is 0 Å². The Bertz CT molecular complexity index is 986. The molecule has 4 rings (SSSR count). The van der Waals surface area contributed by atoms with E-state index in [9.17, 15) is 0 Å². The lowest BCUT2D eigenvalue weighted by atomic mass is 10.1. The van der Waals surface area contributed by atoms with E-state index < -0.39 is 0 Å². The summed E-state index contributed by atoms with van der Waals surface area (Å²) in [5.74, 6) is 1.37. The fourth-order valence-corrected chi connectivity index (χ4v) is 4.48. The maximum atomic E-state index is 6.26. The van der Waals surface area contributed by atoms with Gasteiger partial charge in [0.2, 0.25) is 0 Å². The minimum Gasteiger partial charge on any atom is -0.493 e. The fourth-order valence-electron chi connectivity index (χ4n) is 4.19. The number of anilines is 2. The minimum atomic E-state index is 0.0360. The third-order valence-corrected chi connectivity index (χ3v) is 6.73. The first-order valence-corrected chi connectivity index (χ1v) is 12.3. The monoisotopic (exact) mass is 491 g/mol. The van der Waals surface area contributed by atoms with Crippen molar-refractivity contribution in [1.82, 2.24) is 4.90 Å². The van der Waals surface area contributed by atoms with Gasteiger partial charge in [-0.05, 0) is 37.2 Å². The van der Waals surface area contributed by atoms with Gasteiger partial charge in [0, 0.05) is 30.4 Å². The Kier molecular flexibility index (Phi) is 8.36. The second kappa shape index (κ2) is 11.4. The smallest absolute Gasteiger partial charge is 0.163 e. The average Bonchev–Trinajstić information content (AvgIpc) is 2.84. The molecule has 1 fully saturated rings. The molecule has 8 heteroatoms. The first-order chi connectivity index (χ1) is 16.1. The second-order valence-corrected chi connectivity index (χ2v) is 9.18. The molecule has 0 amide bonds. The van der Waals surface area contributed by atoms with Gasteiger partial charge in [-0.2, -0.15) is 0 Å². The SMILES string of the molecule is CCCCCN1CCOC(COc2cc3c(cc2OC)CN=CN3c2ccc(Cl)c(Cl)c2)C1. The van der Waals surface area contributed by atoms with E-state index in [1.165, 1.54) is 19.3 Å². The van der Waals surface area contributed by atoms with Crippen LogP contribution in [0.3, 0.4) is 0 Å². The van der Waals surface area contributed by atoms with Gasteiger partial charge >= 0.3 is 0 Å². The lowest BCUT2D eigenvalue weighted by Crippen LogP contribution is -2.45. The van der Waals surface area contributed by atoms with E-state index in [4.69, 9.17) is 37.4 Å². The molecule has 2 aromatic rings. The molecule has 1 atom stereocenters. The topological polar surface area (TPSA) is 46.5 Å². The van der Waals surface area contributed by atoms with Crippen LogP contribution in [0.5, 0.6) is 11.5 Å². The Morgan fingerprint density at radius 3 is 2.79 bits per heavy atom. The lowest BCUT2D eigenvalue weighted by molar-refractivity contribution is -0.0484. The molecule has 0 radical (unpaired) electrons. The van der Waals surface area contributed by atoms with E-state index in [1.807, 2.05) is 29.2 Å². The molecule has 2 aliphatic heterocycles. The number of aliphatic imine (C=N–C) groups is 1. The third-order valence-electron chi connectivity index (χ3n) is 5.99. The van der Waals surface area contributed by atoms with E-state index in [-0.39, 0.29) is 6.10 Å². The molecule has 0 bridgehead atoms. The number of hydrogen-bond acceptors (Lipinski definition) is 6. The van der Waals surface area contributed by atoms with Crippen LogP contribution in [0, 0.1) is 0 Å². The number of nitrogens with zero attached hydrogens (tertiary/aromatic N) is 3. The van der Waals surface area contributed by atoms with E-state index in [0.29, 0.717) is 34.7 Å². The van der Waals surface area contributed by atoms with Crippen molar-refractivity contribution in [2.24, 2.45) is 4.99 Å². The van der Waals surface area contributed by atoms with Gasteiger partial charge in [-0.15, -0.1) is 0 Å². The number of hydrogen-bond donors (Lipinski definition) is 0. The van der Waals surface area contributed by atoms with Crippen molar-refractivity contribution in [2.45, 2.75) is 38.8 Å². The summed E-state index contributed by atoms with van der Waals surface area (Å²) in [7, 11) is 1.66. The summed E-state index contributed by atoms with van der Waals surface area (Å²) in [6.07, 6.45) is 5.57. The fraction of sp³-hybridized carbons (Fsp3) is 0.480. The van der Waals surface area contributed by atoms with Gasteiger partial charge in [-0.3, -0.25) is 9.89 Å². The molecule has 178 valence electrons. The molecule has 1 unspecified atom stereocenters. The number of methoxy groups -OCH3 is 1. The number of halogens is 2. The molecule has 2 heterocycles. The van der Waals surface area contributed by atoms with Crippen LogP contribution >= 0.6 is 23.2 Å². The van der Waals surface area contributed by atoms with Crippen LogP contribution < -0.4 is 14.4 Å². The number of unbranched alkanes of at least 4 members (excludes halogenated alkanes) is 2. The second-order valence-electron chi connectivity index (χ2n) is 8.37. The zero-order chi connectivity index (χ0) is 23.2. The number of ether oxygens (including phenoxy) is 3. The normalized spacial score (nSPS) is 18.3. The average molecular weight is 492 g/mol. The van der Waals surface area contributed by atoms with Crippen molar-refractivity contribution in [1.29, 1.82) is 0 Å². The number of morpholine rings is 1. The van der Waals surface area contributed by atoms with Crippen LogP contribution in [0.1, 0.15) is 31.7 Å². The standard InChI is InChI=1S/C25H31Cl2N3O3/c1-3-4-5-8-29-9-10-32-20(15-29)16-33-25-13-23-18(11-24(25)31-2)14-28-17-30(23)19-6-7-21(26)22(27)12-19/h6-7,11-13,17,20H,3-5,8-10,14-16H2,1-2H3. The van der Waals surface area contributed by atoms with Gasteiger partial charge in [0.25, 0.3) is 0 Å². The van der Waals surface area contributed by atoms with Gasteiger partial charge in [0.1, 0.15) is 12.7 Å². The molecule has 0 spiro atoms. The molecule has 6 nitrogen and oxygen atoms in total. The highest BCUT2D eigenvalue weighted by molar-refractivity contribution is 6.42. The Labute approximate surface area is 206 Å². The molecule has 2 aliphatic rings. The number of benzene rings is 2. The van der Waals surface area contributed by atoms with Crippen LogP contribution in [0.15, 0.2) is 35.3 Å². The van der Waals surface area contributed by atoms with Crippen LogP contribution in [0.25, 0.3) is 0 Å². The molecule has 0 aromatic heterocycles. The third kappa shape index (κ3) is 5.93. The van der Waals surface area contributed by atoms with Gasteiger partial charge in [-0.1, -0.05) is 43.0 Å². The quantitative estimate of drug-likeness (QED) is 0.405. The Morgan fingerprint density at radius 1 is 1.12 bits per heavy atom. The van der Waals surface area contributed by atoms with E-state index in [1.54, 1.807) is 19.5 Å². The van der Waals surface area contributed by atoms with Crippen molar-refractivity contribution in [2.75, 3.05) is 44.9 Å². The van der Waals surface area contributed by atoms with Gasteiger partial charge in [-0.25, -0.2) is 0 Å². The Morgan fingerprint density at radius 2 is 2.00 bits per heavy atom. The van der Waals surface area contributed by atoms with Gasteiger partial charge < -0.3 is 19.1 Å². The molecule has 0 aliphatic carbocycles. The van der Waals surface area contributed by atoms with Crippen molar-refractivity contribution in [3.05, 3.63) is 45.9 Å². The summed E-state index contributed by atoms with van der Waals surface area (Å²) >= 11 is 12.4. The molecule has 1 saturated heterocycles. The molecule has 33 heavy (non-hydrogen) atoms. The summed E-state index contributed by atoms with van der Waals surface area (Å²) in [6, 6.07) is 9.53. The summed E-state index contributed by atoms with van der Waals surface area (Å²) in [6.45, 7) is 7.01. The van der Waals surface area contributed by atoms with E-state index in [2.05, 4.69) is 16.8 Å². The van der Waals surface area contributed by atoms with E-state index in [0.717, 1.165) is 43.2 Å². The van der Waals surface area contributed by atoms with Crippen molar-refractivity contribution in [3.63, 3.8) is 0 Å². The first-order valence-electron chi connectivity index (χ1n) is 11.5. The predicted molar refractivity (Wildman–Crippen MR) is 135 cm³/mol. The molecular weight excluding hydrogens is 461 g/mol. The van der Waals surface area contributed by atoms with Crippen LogP contribution in [0.4, 0.5) is 11.4 Å². The molecular formula is C25H31Cl2N3O3. The highest BCUT2D eigenvalue weighted by atomic mass is 35.5. The zero-order valence-corrected chi connectivity index (χ0v) is 20.7. The van der Waals surface area contributed by atoms with Crippen LogP contribution in [-0.2, 0) is 11.3 Å². The predicted octanol–water partition coefficient (Wildman–Crippen LogP) is 5.95. The molecule has 0 saturated carbocycles. The Hall–Kier alpha value is -1.99. The number of rotatable bonds is 9. The van der Waals surface area contributed by atoms with Crippen LogP contribution in [-0.4, -0.2) is 57.3 Å². The summed E-state index contributed by atoms with van der Waals surface area (Å²) in [5, 5.41) is 1.02. The maximum absolute atomic E-state index is 6.26. The highest BCUT2D eigenvalue weighted by Gasteiger charge is 2.24. The summed E-state index contributed by atoms with van der Waals surface area (Å²) in [5.41, 5.74) is 2.90. The van der Waals surface area contributed by atoms with Gasteiger partial charge in [0.15, 0.2) is 11.5 Å². The first kappa shape index (κ1) is 24.1. The highest BCUT2D eigenvalue weighted by Crippen LogP contribution is 2.40. The summed E-state index contributed by atoms with van der Waals surface area (Å²) in [4.78, 5) is 8.95. The van der Waals surface area contributed by atoms with Crippen molar-refractivity contribution >= 4 is 40.9 Å². The van der Waals surface area contributed by atoms with Gasteiger partial charge in [0.05, 0.1) is 42.3 Å². The Balaban J connectivity index is 1.49. The largest absolute Gasteiger partial charge is 0.493 e. The van der Waals surface area contributed by atoms with Crippen LogP contribution in [0.2, 0.25) is 10.0 Å². The van der Waals surface area contributed by atoms with Crippen molar-refractivity contribution < 1.29 is 14.2 Å². The minimum absolute atomic E-state index is 0.0360. The molecule has 2 aromatic carbocycles. The number of fused-ring (bicyclic) bond motifs is 1. The lowest BCUT2D eigenvalue weighted by Gasteiger charge is -2.33. The van der Waals surface area contributed by atoms with Crippen molar-refractivity contribution in [3.8, 4) is 11.5 Å². The maximum Gasteiger partial charge on any atom is 0.163 e. The summed E-state index contributed by atoms with van der Waals surface area (Å²) < 4.78 is 17.8.